The molecule has 1 aliphatic heterocycles. The molecular formula is C16H16ClNO2. The zero-order valence-electron chi connectivity index (χ0n) is 11.2. The summed E-state index contributed by atoms with van der Waals surface area (Å²) in [6, 6.07) is 13.7. The Balaban J connectivity index is 1.94. The Labute approximate surface area is 123 Å². The van der Waals surface area contributed by atoms with Crippen LogP contribution in [0.5, 0.6) is 11.5 Å². The van der Waals surface area contributed by atoms with Crippen molar-refractivity contribution in [3.05, 3.63) is 58.6 Å². The van der Waals surface area contributed by atoms with Crippen molar-refractivity contribution in [3.8, 4) is 11.5 Å². The molecule has 0 saturated heterocycles. The molecule has 1 atom stereocenters. The molecule has 0 bridgehead atoms. The third-order valence-electron chi connectivity index (χ3n) is 3.43. The van der Waals surface area contributed by atoms with Crippen molar-refractivity contribution in [2.45, 2.75) is 12.6 Å². The zero-order chi connectivity index (χ0) is 13.9. The van der Waals surface area contributed by atoms with Crippen molar-refractivity contribution >= 4 is 11.6 Å². The Kier molecular flexibility index (Phi) is 3.81. The SMILES string of the molecule is COc1cccc2c1OC(c1ccc(Cl)cc1)CNC2. The molecular weight excluding hydrogens is 274 g/mol. The number of rotatable bonds is 2. The van der Waals surface area contributed by atoms with Gasteiger partial charge in [-0.1, -0.05) is 35.9 Å². The number of para-hydroxylation sites is 1. The average molecular weight is 290 g/mol. The van der Waals surface area contributed by atoms with E-state index in [2.05, 4.69) is 11.4 Å². The van der Waals surface area contributed by atoms with Gasteiger partial charge in [0.2, 0.25) is 0 Å². The molecule has 0 aromatic heterocycles. The third kappa shape index (κ3) is 2.60. The van der Waals surface area contributed by atoms with Crippen LogP contribution in [-0.4, -0.2) is 13.7 Å². The van der Waals surface area contributed by atoms with Gasteiger partial charge in [0.05, 0.1) is 7.11 Å². The molecule has 3 rings (SSSR count). The Morgan fingerprint density at radius 1 is 1.20 bits per heavy atom. The van der Waals surface area contributed by atoms with Crippen LogP contribution in [0.15, 0.2) is 42.5 Å². The Bertz CT molecular complexity index is 598. The molecule has 2 aromatic carbocycles. The highest BCUT2D eigenvalue weighted by Crippen LogP contribution is 2.36. The maximum atomic E-state index is 6.17. The predicted octanol–water partition coefficient (Wildman–Crippen LogP) is 3.57. The topological polar surface area (TPSA) is 30.5 Å². The lowest BCUT2D eigenvalue weighted by Gasteiger charge is -2.19. The van der Waals surface area contributed by atoms with Gasteiger partial charge in [0.1, 0.15) is 6.10 Å². The van der Waals surface area contributed by atoms with Crippen LogP contribution in [0.25, 0.3) is 0 Å². The van der Waals surface area contributed by atoms with Crippen LogP contribution in [0.4, 0.5) is 0 Å². The molecule has 0 radical (unpaired) electrons. The summed E-state index contributed by atoms with van der Waals surface area (Å²) in [7, 11) is 1.66. The molecule has 1 aliphatic rings. The predicted molar refractivity (Wildman–Crippen MR) is 79.5 cm³/mol. The fraction of sp³-hybridized carbons (Fsp3) is 0.250. The molecule has 3 nitrogen and oxygen atoms in total. The van der Waals surface area contributed by atoms with E-state index in [0.29, 0.717) is 0 Å². The summed E-state index contributed by atoms with van der Waals surface area (Å²) in [5.74, 6) is 1.59. The summed E-state index contributed by atoms with van der Waals surface area (Å²) >= 11 is 5.94. The van der Waals surface area contributed by atoms with Crippen molar-refractivity contribution in [2.24, 2.45) is 0 Å². The van der Waals surface area contributed by atoms with E-state index in [0.717, 1.165) is 40.7 Å². The maximum Gasteiger partial charge on any atom is 0.166 e. The molecule has 4 heteroatoms. The molecule has 0 amide bonds. The summed E-state index contributed by atoms with van der Waals surface area (Å²) in [5.41, 5.74) is 2.21. The van der Waals surface area contributed by atoms with Crippen molar-refractivity contribution in [2.75, 3.05) is 13.7 Å². The molecule has 20 heavy (non-hydrogen) atoms. The van der Waals surface area contributed by atoms with Crippen molar-refractivity contribution < 1.29 is 9.47 Å². The maximum absolute atomic E-state index is 6.17. The van der Waals surface area contributed by atoms with Gasteiger partial charge in [-0.3, -0.25) is 0 Å². The van der Waals surface area contributed by atoms with Crippen molar-refractivity contribution in [1.29, 1.82) is 0 Å². The van der Waals surface area contributed by atoms with E-state index in [-0.39, 0.29) is 6.10 Å². The normalized spacial score (nSPS) is 17.8. The van der Waals surface area contributed by atoms with Crippen LogP contribution in [0.2, 0.25) is 5.02 Å². The molecule has 104 valence electrons. The molecule has 0 aliphatic carbocycles. The van der Waals surface area contributed by atoms with Crippen LogP contribution in [-0.2, 0) is 6.54 Å². The van der Waals surface area contributed by atoms with Gasteiger partial charge in [0.25, 0.3) is 0 Å². The number of benzene rings is 2. The van der Waals surface area contributed by atoms with E-state index in [1.165, 1.54) is 0 Å². The van der Waals surface area contributed by atoms with Gasteiger partial charge >= 0.3 is 0 Å². The number of ether oxygens (including phenoxy) is 2. The first-order chi connectivity index (χ1) is 9.78. The van der Waals surface area contributed by atoms with E-state index in [9.17, 15) is 0 Å². The highest BCUT2D eigenvalue weighted by Gasteiger charge is 2.21. The summed E-state index contributed by atoms with van der Waals surface area (Å²) in [6.07, 6.45) is -0.0511. The fourth-order valence-electron chi connectivity index (χ4n) is 2.38. The van der Waals surface area contributed by atoms with Gasteiger partial charge in [-0.05, 0) is 23.8 Å². The number of halogens is 1. The molecule has 1 unspecified atom stereocenters. The summed E-state index contributed by atoms with van der Waals surface area (Å²) < 4.78 is 11.6. The lowest BCUT2D eigenvalue weighted by Crippen LogP contribution is -2.21. The Morgan fingerprint density at radius 3 is 2.75 bits per heavy atom. The molecule has 1 N–H and O–H groups in total. The van der Waals surface area contributed by atoms with Gasteiger partial charge in [0, 0.05) is 23.7 Å². The van der Waals surface area contributed by atoms with E-state index in [4.69, 9.17) is 21.1 Å². The largest absolute Gasteiger partial charge is 0.493 e. The first-order valence-corrected chi connectivity index (χ1v) is 6.94. The lowest BCUT2D eigenvalue weighted by molar-refractivity contribution is 0.202. The highest BCUT2D eigenvalue weighted by molar-refractivity contribution is 6.30. The van der Waals surface area contributed by atoms with Crippen LogP contribution < -0.4 is 14.8 Å². The smallest absolute Gasteiger partial charge is 0.166 e. The van der Waals surface area contributed by atoms with Gasteiger partial charge in [-0.15, -0.1) is 0 Å². The fourth-order valence-corrected chi connectivity index (χ4v) is 2.51. The second-order valence-electron chi connectivity index (χ2n) is 4.74. The summed E-state index contributed by atoms with van der Waals surface area (Å²) in [6.45, 7) is 1.52. The quantitative estimate of drug-likeness (QED) is 0.917. The second kappa shape index (κ2) is 5.73. The molecule has 1 heterocycles. The Morgan fingerprint density at radius 2 is 2.00 bits per heavy atom. The first-order valence-electron chi connectivity index (χ1n) is 6.56. The monoisotopic (exact) mass is 289 g/mol. The minimum atomic E-state index is -0.0511. The van der Waals surface area contributed by atoms with Gasteiger partial charge in [-0.25, -0.2) is 0 Å². The number of hydrogen-bond donors (Lipinski definition) is 1. The van der Waals surface area contributed by atoms with Gasteiger partial charge < -0.3 is 14.8 Å². The first kappa shape index (κ1) is 13.3. The van der Waals surface area contributed by atoms with Crippen LogP contribution in [0.3, 0.4) is 0 Å². The van der Waals surface area contributed by atoms with Gasteiger partial charge in [0.15, 0.2) is 11.5 Å². The average Bonchev–Trinajstić information content (AvgIpc) is 2.70. The van der Waals surface area contributed by atoms with Crippen LogP contribution >= 0.6 is 11.6 Å². The van der Waals surface area contributed by atoms with Crippen molar-refractivity contribution in [1.82, 2.24) is 5.32 Å². The number of methoxy groups -OCH3 is 1. The van der Waals surface area contributed by atoms with Crippen molar-refractivity contribution in [3.63, 3.8) is 0 Å². The zero-order valence-corrected chi connectivity index (χ0v) is 12.0. The number of nitrogens with one attached hydrogen (secondary N) is 1. The van der Waals surface area contributed by atoms with E-state index >= 15 is 0 Å². The lowest BCUT2D eigenvalue weighted by atomic mass is 10.1. The molecule has 0 fully saturated rings. The second-order valence-corrected chi connectivity index (χ2v) is 5.17. The molecule has 0 spiro atoms. The van der Waals surface area contributed by atoms with Crippen LogP contribution in [0.1, 0.15) is 17.2 Å². The standard InChI is InChI=1S/C16H16ClNO2/c1-19-14-4-2-3-12-9-18-10-15(20-16(12)14)11-5-7-13(17)8-6-11/h2-8,15,18H,9-10H2,1H3. The summed E-state index contributed by atoms with van der Waals surface area (Å²) in [5, 5.41) is 4.13. The minimum Gasteiger partial charge on any atom is -0.493 e. The van der Waals surface area contributed by atoms with Gasteiger partial charge in [-0.2, -0.15) is 0 Å². The highest BCUT2D eigenvalue weighted by atomic mass is 35.5. The van der Waals surface area contributed by atoms with Crippen LogP contribution in [0, 0.1) is 0 Å². The molecule has 2 aromatic rings. The minimum absolute atomic E-state index is 0.0511. The Hall–Kier alpha value is -1.71. The molecule has 0 saturated carbocycles. The number of fused-ring (bicyclic) bond motifs is 1. The summed E-state index contributed by atoms with van der Waals surface area (Å²) in [4.78, 5) is 0. The third-order valence-corrected chi connectivity index (χ3v) is 3.68. The van der Waals surface area contributed by atoms with E-state index in [1.54, 1.807) is 7.11 Å². The number of hydrogen-bond acceptors (Lipinski definition) is 3. The van der Waals surface area contributed by atoms with E-state index < -0.39 is 0 Å². The van der Waals surface area contributed by atoms with E-state index in [1.807, 2.05) is 36.4 Å².